The Kier molecular flexibility index (Phi) is 8.02. The lowest BCUT2D eigenvalue weighted by Gasteiger charge is -2.19. The molecule has 0 aromatic carbocycles. The number of hydrogen-bond donors (Lipinski definition) is 2. The zero-order valence-corrected chi connectivity index (χ0v) is 14.0. The number of sulfonamides is 1. The van der Waals surface area contributed by atoms with Gasteiger partial charge in [-0.15, -0.1) is 0 Å². The second kappa shape index (κ2) is 8.97. The molecule has 6 heteroatoms. The van der Waals surface area contributed by atoms with Crippen LogP contribution in [0.1, 0.15) is 46.5 Å². The van der Waals surface area contributed by atoms with Crippen LogP contribution < -0.4 is 10.0 Å². The second-order valence-corrected chi connectivity index (χ2v) is 7.82. The summed E-state index contributed by atoms with van der Waals surface area (Å²) in [7, 11) is -3.10. The Balaban J connectivity index is 2.08. The zero-order chi connectivity index (χ0) is 15.0. The highest BCUT2D eigenvalue weighted by atomic mass is 32.2. The highest BCUT2D eigenvalue weighted by molar-refractivity contribution is 7.89. The minimum Gasteiger partial charge on any atom is -0.315 e. The second-order valence-electron chi connectivity index (χ2n) is 5.89. The van der Waals surface area contributed by atoms with Crippen molar-refractivity contribution in [2.75, 3.05) is 31.9 Å². The van der Waals surface area contributed by atoms with Crippen molar-refractivity contribution >= 4 is 10.0 Å². The lowest BCUT2D eigenvalue weighted by Crippen LogP contribution is -2.37. The number of nitrogens with zero attached hydrogens (tertiary/aromatic N) is 1. The van der Waals surface area contributed by atoms with Crippen molar-refractivity contribution in [3.63, 3.8) is 0 Å². The summed E-state index contributed by atoms with van der Waals surface area (Å²) >= 11 is 0. The van der Waals surface area contributed by atoms with E-state index in [-0.39, 0.29) is 5.75 Å². The van der Waals surface area contributed by atoms with Crippen LogP contribution in [-0.2, 0) is 10.0 Å². The first-order valence-electron chi connectivity index (χ1n) is 7.89. The predicted octanol–water partition coefficient (Wildman–Crippen LogP) is 1.17. The van der Waals surface area contributed by atoms with Gasteiger partial charge in [-0.25, -0.2) is 13.1 Å². The number of nitrogens with one attached hydrogen (secondary N) is 2. The monoisotopic (exact) mass is 305 g/mol. The first-order chi connectivity index (χ1) is 9.44. The SMILES string of the molecule is CCN(CCNS(=O)(=O)CCCCNC(C)C)C1CC1. The average molecular weight is 305 g/mol. The molecule has 1 saturated carbocycles. The van der Waals surface area contributed by atoms with E-state index in [0.29, 0.717) is 18.6 Å². The molecule has 1 aliphatic rings. The van der Waals surface area contributed by atoms with Gasteiger partial charge in [0.1, 0.15) is 0 Å². The largest absolute Gasteiger partial charge is 0.315 e. The first-order valence-corrected chi connectivity index (χ1v) is 9.54. The molecule has 0 amide bonds. The van der Waals surface area contributed by atoms with Gasteiger partial charge in [0, 0.05) is 25.2 Å². The van der Waals surface area contributed by atoms with E-state index in [9.17, 15) is 8.42 Å². The van der Waals surface area contributed by atoms with E-state index in [1.807, 2.05) is 0 Å². The van der Waals surface area contributed by atoms with Gasteiger partial charge in [0.05, 0.1) is 5.75 Å². The highest BCUT2D eigenvalue weighted by Gasteiger charge is 2.27. The third-order valence-electron chi connectivity index (χ3n) is 3.58. The van der Waals surface area contributed by atoms with Crippen LogP contribution in [0.15, 0.2) is 0 Å². The smallest absolute Gasteiger partial charge is 0.211 e. The molecule has 0 aliphatic heterocycles. The molecule has 0 radical (unpaired) electrons. The molecule has 2 N–H and O–H groups in total. The predicted molar refractivity (Wildman–Crippen MR) is 84.4 cm³/mol. The summed E-state index contributed by atoms with van der Waals surface area (Å²) in [6.45, 7) is 9.59. The molecule has 0 atom stereocenters. The molecular formula is C14H31N3O2S. The molecule has 0 aromatic rings. The first kappa shape index (κ1) is 17.9. The van der Waals surface area contributed by atoms with Gasteiger partial charge in [0.15, 0.2) is 0 Å². The molecule has 0 unspecified atom stereocenters. The van der Waals surface area contributed by atoms with Crippen LogP contribution in [-0.4, -0.2) is 57.3 Å². The normalized spacial score (nSPS) is 16.2. The van der Waals surface area contributed by atoms with Gasteiger partial charge in [-0.3, -0.25) is 4.90 Å². The van der Waals surface area contributed by atoms with E-state index >= 15 is 0 Å². The summed E-state index contributed by atoms with van der Waals surface area (Å²) in [4.78, 5) is 2.36. The quantitative estimate of drug-likeness (QED) is 0.531. The summed E-state index contributed by atoms with van der Waals surface area (Å²) in [6, 6.07) is 1.17. The molecule has 1 aliphatic carbocycles. The molecule has 0 saturated heterocycles. The van der Waals surface area contributed by atoms with Crippen molar-refractivity contribution in [2.24, 2.45) is 0 Å². The lowest BCUT2D eigenvalue weighted by atomic mass is 10.3. The van der Waals surface area contributed by atoms with Crippen LogP contribution in [0.3, 0.4) is 0 Å². The zero-order valence-electron chi connectivity index (χ0n) is 13.2. The number of rotatable bonds is 12. The third kappa shape index (κ3) is 8.19. The maximum Gasteiger partial charge on any atom is 0.211 e. The fourth-order valence-electron chi connectivity index (χ4n) is 2.26. The molecule has 20 heavy (non-hydrogen) atoms. The maximum atomic E-state index is 11.8. The minimum absolute atomic E-state index is 0.238. The Labute approximate surface area is 124 Å². The number of likely N-dealkylation sites (N-methyl/N-ethyl adjacent to an activating group) is 1. The summed E-state index contributed by atoms with van der Waals surface area (Å²) in [5.41, 5.74) is 0. The average Bonchev–Trinajstić information content (AvgIpc) is 3.18. The number of unbranched alkanes of at least 4 members (excludes halogenated alkanes) is 1. The Morgan fingerprint density at radius 1 is 1.20 bits per heavy atom. The van der Waals surface area contributed by atoms with Crippen molar-refractivity contribution in [2.45, 2.75) is 58.5 Å². The topological polar surface area (TPSA) is 61.4 Å². The van der Waals surface area contributed by atoms with E-state index in [4.69, 9.17) is 0 Å². The van der Waals surface area contributed by atoms with Crippen LogP contribution in [0.5, 0.6) is 0 Å². The standard InChI is InChI=1S/C14H31N3O2S/c1-4-17(14-7-8-14)11-10-16-20(18,19)12-6-5-9-15-13(2)3/h13-16H,4-12H2,1-3H3. The Hall–Kier alpha value is -0.170. The van der Waals surface area contributed by atoms with E-state index < -0.39 is 10.0 Å². The van der Waals surface area contributed by atoms with Crippen molar-refractivity contribution in [3.05, 3.63) is 0 Å². The van der Waals surface area contributed by atoms with Gasteiger partial charge in [-0.05, 0) is 38.8 Å². The van der Waals surface area contributed by atoms with E-state index in [1.54, 1.807) is 0 Å². The van der Waals surface area contributed by atoms with Gasteiger partial charge in [-0.2, -0.15) is 0 Å². The molecule has 5 nitrogen and oxygen atoms in total. The van der Waals surface area contributed by atoms with Crippen molar-refractivity contribution in [3.8, 4) is 0 Å². The molecular weight excluding hydrogens is 274 g/mol. The van der Waals surface area contributed by atoms with Crippen molar-refractivity contribution < 1.29 is 8.42 Å². The Morgan fingerprint density at radius 3 is 2.45 bits per heavy atom. The van der Waals surface area contributed by atoms with E-state index in [2.05, 4.69) is 35.7 Å². The summed E-state index contributed by atoms with van der Waals surface area (Å²) in [6.07, 6.45) is 4.16. The van der Waals surface area contributed by atoms with Gasteiger partial charge >= 0.3 is 0 Å². The molecule has 1 fully saturated rings. The van der Waals surface area contributed by atoms with Crippen molar-refractivity contribution in [1.29, 1.82) is 0 Å². The van der Waals surface area contributed by atoms with E-state index in [1.165, 1.54) is 12.8 Å². The van der Waals surface area contributed by atoms with Crippen LogP contribution >= 0.6 is 0 Å². The minimum atomic E-state index is -3.10. The van der Waals surface area contributed by atoms with Gasteiger partial charge in [0.25, 0.3) is 0 Å². The molecule has 0 spiro atoms. The van der Waals surface area contributed by atoms with Gasteiger partial charge < -0.3 is 5.32 Å². The fraction of sp³-hybridized carbons (Fsp3) is 1.00. The van der Waals surface area contributed by atoms with Crippen LogP contribution in [0.4, 0.5) is 0 Å². The van der Waals surface area contributed by atoms with Crippen LogP contribution in [0.25, 0.3) is 0 Å². The Morgan fingerprint density at radius 2 is 1.90 bits per heavy atom. The molecule has 120 valence electrons. The van der Waals surface area contributed by atoms with Crippen LogP contribution in [0, 0.1) is 0 Å². The van der Waals surface area contributed by atoms with Gasteiger partial charge in [0.2, 0.25) is 10.0 Å². The summed E-state index contributed by atoms with van der Waals surface area (Å²) in [5, 5.41) is 3.29. The highest BCUT2D eigenvalue weighted by Crippen LogP contribution is 2.25. The van der Waals surface area contributed by atoms with E-state index in [0.717, 1.165) is 32.5 Å². The number of hydrogen-bond acceptors (Lipinski definition) is 4. The third-order valence-corrected chi connectivity index (χ3v) is 5.05. The maximum absolute atomic E-state index is 11.8. The lowest BCUT2D eigenvalue weighted by molar-refractivity contribution is 0.282. The molecule has 0 aromatic heterocycles. The molecule has 1 rings (SSSR count). The Bertz CT molecular complexity index is 353. The van der Waals surface area contributed by atoms with Crippen molar-refractivity contribution in [1.82, 2.24) is 14.9 Å². The molecule has 0 bridgehead atoms. The fourth-order valence-corrected chi connectivity index (χ4v) is 3.39. The molecule has 0 heterocycles. The summed E-state index contributed by atoms with van der Waals surface area (Å²) < 4.78 is 26.4. The van der Waals surface area contributed by atoms with Crippen LogP contribution in [0.2, 0.25) is 0 Å². The van der Waals surface area contributed by atoms with Gasteiger partial charge in [-0.1, -0.05) is 20.8 Å². The summed E-state index contributed by atoms with van der Waals surface area (Å²) in [5.74, 6) is 0.238.